The van der Waals surface area contributed by atoms with Crippen molar-refractivity contribution in [3.63, 3.8) is 0 Å². The van der Waals surface area contributed by atoms with Crippen molar-refractivity contribution in [1.82, 2.24) is 24.1 Å². The Morgan fingerprint density at radius 3 is 2.81 bits per heavy atom. The summed E-state index contributed by atoms with van der Waals surface area (Å²) >= 11 is 0. The lowest BCUT2D eigenvalue weighted by molar-refractivity contribution is -0.122. The van der Waals surface area contributed by atoms with Gasteiger partial charge in [0.1, 0.15) is 11.5 Å². The number of fused-ring (bicyclic) bond motifs is 2. The SMILES string of the molecule is CCCC(COC)n1cc(-c2cc(NC)n3ncc(C)c3n2)c2cccnc21.O=CO. The second-order valence-corrected chi connectivity index (χ2v) is 7.17. The van der Waals surface area contributed by atoms with E-state index < -0.39 is 0 Å². The number of nitrogens with one attached hydrogen (secondary N) is 1. The second kappa shape index (κ2) is 10.0. The minimum atomic E-state index is -0.250. The van der Waals surface area contributed by atoms with Gasteiger partial charge < -0.3 is 19.7 Å². The van der Waals surface area contributed by atoms with Crippen molar-refractivity contribution in [1.29, 1.82) is 0 Å². The average Bonchev–Trinajstić information content (AvgIpc) is 3.35. The van der Waals surface area contributed by atoms with Crippen molar-refractivity contribution in [2.75, 3.05) is 26.1 Å². The van der Waals surface area contributed by atoms with Gasteiger partial charge in [-0.05, 0) is 25.5 Å². The van der Waals surface area contributed by atoms with Crippen LogP contribution in [0.15, 0.2) is 36.8 Å². The van der Waals surface area contributed by atoms with Crippen molar-refractivity contribution in [2.24, 2.45) is 0 Å². The zero-order chi connectivity index (χ0) is 22.4. The van der Waals surface area contributed by atoms with Gasteiger partial charge in [-0.1, -0.05) is 13.3 Å². The predicted molar refractivity (Wildman–Crippen MR) is 121 cm³/mol. The number of ether oxygens (including phenoxy) is 1. The fourth-order valence-electron chi connectivity index (χ4n) is 3.78. The number of carbonyl (C=O) groups is 1. The van der Waals surface area contributed by atoms with E-state index in [-0.39, 0.29) is 12.5 Å². The minimum absolute atomic E-state index is 0.241. The topological polar surface area (TPSA) is 107 Å². The number of hydrogen-bond donors (Lipinski definition) is 2. The third-order valence-electron chi connectivity index (χ3n) is 5.14. The number of methoxy groups -OCH3 is 1. The van der Waals surface area contributed by atoms with E-state index >= 15 is 0 Å². The number of hydrogen-bond acceptors (Lipinski definition) is 6. The van der Waals surface area contributed by atoms with Gasteiger partial charge in [0.25, 0.3) is 6.47 Å². The highest BCUT2D eigenvalue weighted by Crippen LogP contribution is 2.33. The second-order valence-electron chi connectivity index (χ2n) is 7.17. The number of nitrogens with zero attached hydrogens (tertiary/aromatic N) is 5. The summed E-state index contributed by atoms with van der Waals surface area (Å²) < 4.78 is 9.56. The molecule has 31 heavy (non-hydrogen) atoms. The van der Waals surface area contributed by atoms with E-state index in [0.29, 0.717) is 6.61 Å². The molecule has 0 spiro atoms. The summed E-state index contributed by atoms with van der Waals surface area (Å²) in [7, 11) is 3.65. The molecule has 1 unspecified atom stereocenters. The van der Waals surface area contributed by atoms with Crippen molar-refractivity contribution < 1.29 is 14.6 Å². The number of aromatic nitrogens is 5. The number of pyridine rings is 1. The van der Waals surface area contributed by atoms with Crippen molar-refractivity contribution in [3.8, 4) is 11.3 Å². The molecular formula is C22H28N6O3. The number of rotatable bonds is 7. The Labute approximate surface area is 180 Å². The van der Waals surface area contributed by atoms with Gasteiger partial charge in [-0.25, -0.2) is 9.97 Å². The molecule has 0 aromatic carbocycles. The van der Waals surface area contributed by atoms with Crippen molar-refractivity contribution in [2.45, 2.75) is 32.7 Å². The van der Waals surface area contributed by atoms with Crippen LogP contribution < -0.4 is 5.32 Å². The van der Waals surface area contributed by atoms with Crippen LogP contribution in [0.25, 0.3) is 27.9 Å². The zero-order valence-electron chi connectivity index (χ0n) is 18.2. The summed E-state index contributed by atoms with van der Waals surface area (Å²) in [6.45, 7) is 4.63. The Balaban J connectivity index is 0.000000858. The fourth-order valence-corrected chi connectivity index (χ4v) is 3.78. The molecule has 0 fully saturated rings. The number of carboxylic acid groups (broad SMARTS) is 1. The van der Waals surface area contributed by atoms with Crippen LogP contribution in [-0.2, 0) is 9.53 Å². The molecule has 9 heteroatoms. The largest absolute Gasteiger partial charge is 0.483 e. The van der Waals surface area contributed by atoms with Crippen molar-refractivity contribution in [3.05, 3.63) is 42.4 Å². The molecule has 0 aliphatic heterocycles. The van der Waals surface area contributed by atoms with E-state index in [9.17, 15) is 0 Å². The van der Waals surface area contributed by atoms with Crippen LogP contribution in [0.1, 0.15) is 31.4 Å². The third-order valence-corrected chi connectivity index (χ3v) is 5.14. The van der Waals surface area contributed by atoms with Crippen LogP contribution in [0.3, 0.4) is 0 Å². The first kappa shape index (κ1) is 22.2. The Morgan fingerprint density at radius 1 is 1.35 bits per heavy atom. The van der Waals surface area contributed by atoms with E-state index in [4.69, 9.17) is 19.6 Å². The van der Waals surface area contributed by atoms with Crippen LogP contribution in [0, 0.1) is 6.92 Å². The summed E-state index contributed by atoms with van der Waals surface area (Å²) in [4.78, 5) is 17.9. The minimum Gasteiger partial charge on any atom is -0.483 e. The zero-order valence-corrected chi connectivity index (χ0v) is 18.2. The standard InChI is InChI=1S/C21H26N6O.CH2O2/c1-5-7-15(13-28-4)26-12-17(16-8-6-9-23-21(16)26)18-10-19(22-3)27-20(25-18)14(2)11-24-27;2-1-3/h6,8-12,15,22H,5,7,13H2,1-4H3;1H,(H,2,3). The molecule has 0 radical (unpaired) electrons. The first-order valence-corrected chi connectivity index (χ1v) is 10.1. The van der Waals surface area contributed by atoms with Gasteiger partial charge >= 0.3 is 0 Å². The van der Waals surface area contributed by atoms with E-state index in [1.165, 1.54) is 0 Å². The van der Waals surface area contributed by atoms with Gasteiger partial charge in [-0.2, -0.15) is 9.61 Å². The first-order valence-electron chi connectivity index (χ1n) is 10.1. The molecule has 0 amide bonds. The van der Waals surface area contributed by atoms with Crippen LogP contribution in [0.2, 0.25) is 0 Å². The maximum atomic E-state index is 8.36. The van der Waals surface area contributed by atoms with Crippen LogP contribution >= 0.6 is 0 Å². The summed E-state index contributed by atoms with van der Waals surface area (Å²) in [5, 5.41) is 15.6. The molecule has 2 N–H and O–H groups in total. The Bertz CT molecular complexity index is 1160. The molecule has 4 heterocycles. The Morgan fingerprint density at radius 2 is 2.13 bits per heavy atom. The summed E-state index contributed by atoms with van der Waals surface area (Å²) in [5.74, 6) is 0.903. The molecule has 4 rings (SSSR count). The van der Waals surface area contributed by atoms with Gasteiger partial charge in [-0.15, -0.1) is 0 Å². The molecule has 164 valence electrons. The normalized spacial score (nSPS) is 11.9. The number of anilines is 1. The van der Waals surface area contributed by atoms with E-state index in [1.54, 1.807) is 7.11 Å². The van der Waals surface area contributed by atoms with Crippen molar-refractivity contribution >= 4 is 29.0 Å². The van der Waals surface area contributed by atoms with Crippen LogP contribution in [0.5, 0.6) is 0 Å². The summed E-state index contributed by atoms with van der Waals surface area (Å²) in [6.07, 6.45) is 7.96. The first-order chi connectivity index (χ1) is 15.1. The maximum Gasteiger partial charge on any atom is 0.290 e. The lowest BCUT2D eigenvalue weighted by atomic mass is 10.1. The highest BCUT2D eigenvalue weighted by atomic mass is 16.5. The highest BCUT2D eigenvalue weighted by molar-refractivity contribution is 5.94. The molecule has 1 atom stereocenters. The average molecular weight is 425 g/mol. The molecule has 9 nitrogen and oxygen atoms in total. The predicted octanol–water partition coefficient (Wildman–Crippen LogP) is 3.78. The Kier molecular flexibility index (Phi) is 7.19. The molecule has 4 aromatic rings. The maximum absolute atomic E-state index is 8.36. The lowest BCUT2D eigenvalue weighted by Gasteiger charge is -2.18. The van der Waals surface area contributed by atoms with Gasteiger partial charge in [0, 0.05) is 49.1 Å². The molecule has 0 aliphatic carbocycles. The van der Waals surface area contributed by atoms with E-state index in [1.807, 2.05) is 43.0 Å². The molecule has 0 saturated heterocycles. The fraction of sp³-hybridized carbons (Fsp3) is 0.364. The highest BCUT2D eigenvalue weighted by Gasteiger charge is 2.19. The van der Waals surface area contributed by atoms with Crippen LogP contribution in [-0.4, -0.2) is 56.5 Å². The van der Waals surface area contributed by atoms with Gasteiger partial charge in [0.2, 0.25) is 0 Å². The molecule has 4 aromatic heterocycles. The third kappa shape index (κ3) is 4.36. The smallest absolute Gasteiger partial charge is 0.290 e. The van der Waals surface area contributed by atoms with Crippen LogP contribution in [0.4, 0.5) is 5.82 Å². The van der Waals surface area contributed by atoms with E-state index in [0.717, 1.165) is 52.2 Å². The Hall–Kier alpha value is -3.46. The monoisotopic (exact) mass is 424 g/mol. The number of aryl methyl sites for hydroxylation is 1. The van der Waals surface area contributed by atoms with Gasteiger partial charge in [-0.3, -0.25) is 4.79 Å². The van der Waals surface area contributed by atoms with Gasteiger partial charge in [0.05, 0.1) is 24.5 Å². The quantitative estimate of drug-likeness (QED) is 0.435. The van der Waals surface area contributed by atoms with Gasteiger partial charge in [0.15, 0.2) is 5.65 Å². The molecule has 0 bridgehead atoms. The summed E-state index contributed by atoms with van der Waals surface area (Å²) in [5.41, 5.74) is 4.84. The molecular weight excluding hydrogens is 396 g/mol. The lowest BCUT2D eigenvalue weighted by Crippen LogP contribution is -2.14. The molecule has 0 aliphatic rings. The summed E-state index contributed by atoms with van der Waals surface area (Å²) in [6, 6.07) is 6.36. The molecule has 0 saturated carbocycles. The van der Waals surface area contributed by atoms with E-state index in [2.05, 4.69) is 39.2 Å².